The molecule has 5 rings (SSSR count). The van der Waals surface area contributed by atoms with Crippen LogP contribution in [0.25, 0.3) is 0 Å². The van der Waals surface area contributed by atoms with E-state index in [0.717, 1.165) is 69.2 Å². The highest BCUT2D eigenvalue weighted by atomic mass is 16.3. The quantitative estimate of drug-likeness (QED) is 0.834. The molecule has 2 aliphatic heterocycles. The minimum Gasteiger partial charge on any atom is -0.392 e. The first-order valence-electron chi connectivity index (χ1n) is 11.2. The Bertz CT molecular complexity index is 897. The summed E-state index contributed by atoms with van der Waals surface area (Å²) in [6.45, 7) is 6.75. The number of piperazine rings is 1. The molecule has 2 fully saturated rings. The fraction of sp³-hybridized carbons (Fsp3) is 0.609. The molecule has 4 heterocycles. The van der Waals surface area contributed by atoms with Crippen molar-refractivity contribution >= 4 is 5.82 Å². The smallest absolute Gasteiger partial charge is 0.132 e. The lowest BCUT2D eigenvalue weighted by Crippen LogP contribution is -2.45. The van der Waals surface area contributed by atoms with Crippen LogP contribution in [0.2, 0.25) is 0 Å². The van der Waals surface area contributed by atoms with E-state index in [1.54, 1.807) is 0 Å². The second-order valence-corrected chi connectivity index (χ2v) is 9.05. The molecule has 1 N–H and O–H groups in total. The number of likely N-dealkylation sites (tertiary alicyclic amines) is 1. The zero-order valence-electron chi connectivity index (χ0n) is 18.0. The number of aliphatic hydroxyl groups excluding tert-OH is 1. The summed E-state index contributed by atoms with van der Waals surface area (Å²) in [6, 6.07) is 6.76. The minimum atomic E-state index is -0.327. The average molecular weight is 409 g/mol. The summed E-state index contributed by atoms with van der Waals surface area (Å²) >= 11 is 0. The van der Waals surface area contributed by atoms with Crippen LogP contribution in [0, 0.1) is 6.92 Å². The maximum atomic E-state index is 10.6. The Balaban J connectivity index is 1.46. The Morgan fingerprint density at radius 1 is 1.10 bits per heavy atom. The SMILES string of the molecule is Cc1nc([C@H]2C[C@@H](O)CN2C2CCCc3cccnc32)cc(N2CCN(C)CC2)n1. The lowest BCUT2D eigenvalue weighted by Gasteiger charge is -2.36. The molecule has 0 bridgehead atoms. The molecule has 2 saturated heterocycles. The van der Waals surface area contributed by atoms with Gasteiger partial charge in [0.05, 0.1) is 29.6 Å². The molecule has 7 nitrogen and oxygen atoms in total. The largest absolute Gasteiger partial charge is 0.392 e. The minimum absolute atomic E-state index is 0.103. The van der Waals surface area contributed by atoms with Crippen molar-refractivity contribution in [3.05, 3.63) is 47.2 Å². The Hall–Kier alpha value is -2.09. The Kier molecular flexibility index (Phi) is 5.43. The summed E-state index contributed by atoms with van der Waals surface area (Å²) in [5, 5.41) is 10.6. The van der Waals surface area contributed by atoms with Crippen molar-refractivity contribution in [2.24, 2.45) is 0 Å². The Morgan fingerprint density at radius 2 is 1.93 bits per heavy atom. The lowest BCUT2D eigenvalue weighted by molar-refractivity contribution is 0.133. The molecular formula is C23H32N6O. The van der Waals surface area contributed by atoms with Crippen molar-refractivity contribution in [1.82, 2.24) is 24.8 Å². The first-order valence-corrected chi connectivity index (χ1v) is 11.2. The molecular weight excluding hydrogens is 376 g/mol. The molecule has 0 radical (unpaired) electrons. The molecule has 0 spiro atoms. The summed E-state index contributed by atoms with van der Waals surface area (Å²) in [7, 11) is 2.17. The van der Waals surface area contributed by atoms with Gasteiger partial charge in [0.1, 0.15) is 11.6 Å². The van der Waals surface area contributed by atoms with Crippen LogP contribution in [0.5, 0.6) is 0 Å². The predicted molar refractivity (Wildman–Crippen MR) is 116 cm³/mol. The van der Waals surface area contributed by atoms with Gasteiger partial charge < -0.3 is 14.9 Å². The third kappa shape index (κ3) is 3.82. The van der Waals surface area contributed by atoms with E-state index in [4.69, 9.17) is 15.0 Å². The number of pyridine rings is 1. The molecule has 1 aliphatic carbocycles. The molecule has 0 aromatic carbocycles. The molecule has 2 aromatic rings. The average Bonchev–Trinajstić information content (AvgIpc) is 3.15. The number of β-amino-alcohol motifs (C(OH)–C–C–N with tert-alkyl or cyclic N) is 1. The highest BCUT2D eigenvalue weighted by Gasteiger charge is 2.40. The normalized spacial score (nSPS) is 28.0. The van der Waals surface area contributed by atoms with Gasteiger partial charge in [-0.05, 0) is 51.3 Å². The van der Waals surface area contributed by atoms with Crippen molar-refractivity contribution in [2.75, 3.05) is 44.7 Å². The van der Waals surface area contributed by atoms with E-state index < -0.39 is 0 Å². The van der Waals surface area contributed by atoms with Gasteiger partial charge in [-0.25, -0.2) is 9.97 Å². The molecule has 30 heavy (non-hydrogen) atoms. The Morgan fingerprint density at radius 3 is 2.77 bits per heavy atom. The van der Waals surface area contributed by atoms with Crippen LogP contribution < -0.4 is 4.90 Å². The second kappa shape index (κ2) is 8.21. The molecule has 7 heteroatoms. The van der Waals surface area contributed by atoms with E-state index in [0.29, 0.717) is 6.54 Å². The molecule has 1 unspecified atom stereocenters. The van der Waals surface area contributed by atoms with E-state index in [1.807, 2.05) is 19.2 Å². The molecule has 2 aromatic heterocycles. The predicted octanol–water partition coefficient (Wildman–Crippen LogP) is 2.12. The maximum Gasteiger partial charge on any atom is 0.132 e. The van der Waals surface area contributed by atoms with Gasteiger partial charge in [0.15, 0.2) is 0 Å². The van der Waals surface area contributed by atoms with Crippen LogP contribution in [-0.4, -0.2) is 75.7 Å². The zero-order chi connectivity index (χ0) is 20.7. The van der Waals surface area contributed by atoms with Gasteiger partial charge in [-0.1, -0.05) is 6.07 Å². The van der Waals surface area contributed by atoms with Gasteiger partial charge in [-0.15, -0.1) is 0 Å². The number of aliphatic hydroxyl groups is 1. The summed E-state index contributed by atoms with van der Waals surface area (Å²) in [4.78, 5) is 21.5. The van der Waals surface area contributed by atoms with Gasteiger partial charge in [0.25, 0.3) is 0 Å². The van der Waals surface area contributed by atoms with Gasteiger partial charge in [0.2, 0.25) is 0 Å². The van der Waals surface area contributed by atoms with E-state index in [-0.39, 0.29) is 18.2 Å². The third-order valence-electron chi connectivity index (χ3n) is 6.90. The molecule has 160 valence electrons. The van der Waals surface area contributed by atoms with Gasteiger partial charge in [-0.2, -0.15) is 0 Å². The number of anilines is 1. The van der Waals surface area contributed by atoms with Crippen LogP contribution in [-0.2, 0) is 6.42 Å². The third-order valence-corrected chi connectivity index (χ3v) is 6.90. The van der Waals surface area contributed by atoms with Crippen LogP contribution in [0.1, 0.15) is 54.1 Å². The standard InChI is InChI=1S/C23H32N6O/c1-16-25-19(14-22(26-16)28-11-9-27(2)10-12-28)21-13-18(30)15-29(21)20-7-3-5-17-6-4-8-24-23(17)20/h4,6,8,14,18,20-21,30H,3,5,7,9-13,15H2,1-2H3/t18-,20?,21-/m1/s1. The number of likely N-dealkylation sites (N-methyl/N-ethyl adjacent to an activating group) is 1. The number of rotatable bonds is 3. The molecule has 0 saturated carbocycles. The van der Waals surface area contributed by atoms with Crippen molar-refractivity contribution in [1.29, 1.82) is 0 Å². The first-order chi connectivity index (χ1) is 14.6. The first kappa shape index (κ1) is 19.8. The fourth-order valence-electron chi connectivity index (χ4n) is 5.32. The number of fused-ring (bicyclic) bond motifs is 1. The lowest BCUT2D eigenvalue weighted by atomic mass is 9.90. The van der Waals surface area contributed by atoms with Crippen molar-refractivity contribution in [2.45, 2.75) is 50.8 Å². The number of hydrogen-bond donors (Lipinski definition) is 1. The fourth-order valence-corrected chi connectivity index (χ4v) is 5.32. The van der Waals surface area contributed by atoms with Crippen molar-refractivity contribution in [3.8, 4) is 0 Å². The number of aryl methyl sites for hydroxylation is 2. The van der Waals surface area contributed by atoms with Crippen LogP contribution >= 0.6 is 0 Å². The highest BCUT2D eigenvalue weighted by molar-refractivity contribution is 5.41. The summed E-state index contributed by atoms with van der Waals surface area (Å²) in [5.74, 6) is 1.83. The van der Waals surface area contributed by atoms with Crippen LogP contribution in [0.15, 0.2) is 24.4 Å². The Labute approximate surface area is 178 Å². The van der Waals surface area contributed by atoms with Crippen LogP contribution in [0.3, 0.4) is 0 Å². The summed E-state index contributed by atoms with van der Waals surface area (Å²) in [5.41, 5.74) is 3.58. The monoisotopic (exact) mass is 408 g/mol. The van der Waals surface area contributed by atoms with Gasteiger partial charge in [0, 0.05) is 45.0 Å². The van der Waals surface area contributed by atoms with E-state index in [9.17, 15) is 5.11 Å². The van der Waals surface area contributed by atoms with E-state index in [2.05, 4.69) is 33.9 Å². The van der Waals surface area contributed by atoms with Gasteiger partial charge in [-0.3, -0.25) is 9.88 Å². The summed E-state index contributed by atoms with van der Waals surface area (Å²) < 4.78 is 0. The van der Waals surface area contributed by atoms with Crippen molar-refractivity contribution < 1.29 is 5.11 Å². The van der Waals surface area contributed by atoms with Crippen molar-refractivity contribution in [3.63, 3.8) is 0 Å². The molecule has 3 aliphatic rings. The summed E-state index contributed by atoms with van der Waals surface area (Å²) in [6.07, 6.45) is 5.64. The second-order valence-electron chi connectivity index (χ2n) is 9.05. The zero-order valence-corrected chi connectivity index (χ0v) is 18.0. The number of aromatic nitrogens is 3. The number of nitrogens with zero attached hydrogens (tertiary/aromatic N) is 6. The topological polar surface area (TPSA) is 68.6 Å². The number of hydrogen-bond acceptors (Lipinski definition) is 7. The molecule has 0 amide bonds. The van der Waals surface area contributed by atoms with E-state index >= 15 is 0 Å². The van der Waals surface area contributed by atoms with E-state index in [1.165, 1.54) is 11.3 Å². The maximum absolute atomic E-state index is 10.6. The van der Waals surface area contributed by atoms with Gasteiger partial charge >= 0.3 is 0 Å². The highest BCUT2D eigenvalue weighted by Crippen LogP contribution is 2.43. The van der Waals surface area contributed by atoms with Crippen LogP contribution in [0.4, 0.5) is 5.82 Å². The molecule has 3 atom stereocenters.